The lowest BCUT2D eigenvalue weighted by molar-refractivity contribution is 1.06. The predicted octanol–water partition coefficient (Wildman–Crippen LogP) is 5.00. The number of aryl methyl sites for hydroxylation is 1. The van der Waals surface area contributed by atoms with E-state index in [1.165, 1.54) is 0 Å². The summed E-state index contributed by atoms with van der Waals surface area (Å²) in [6.45, 7) is 4.08. The van der Waals surface area contributed by atoms with E-state index in [0.717, 1.165) is 33.1 Å². The molecule has 0 bridgehead atoms. The maximum Gasteiger partial charge on any atom is 0.212 e. The third kappa shape index (κ3) is 2.85. The molecule has 0 aliphatic heterocycles. The van der Waals surface area contributed by atoms with Gasteiger partial charge in [0, 0.05) is 22.0 Å². The molecule has 0 saturated heterocycles. The third-order valence-corrected chi connectivity index (χ3v) is 4.23. The fourth-order valence-corrected chi connectivity index (χ4v) is 2.60. The third-order valence-electron chi connectivity index (χ3n) is 3.37. The van der Waals surface area contributed by atoms with Gasteiger partial charge in [0.1, 0.15) is 0 Å². The van der Waals surface area contributed by atoms with E-state index in [-0.39, 0.29) is 0 Å². The Morgan fingerprint density at radius 1 is 1.00 bits per heavy atom. The molecule has 4 heteroatoms. The zero-order chi connectivity index (χ0) is 14.8. The SMILES string of the molecule is Cc1cn(-c2ccccc2)c(Nc2cccc(Br)c2C)n1. The number of para-hydroxylation sites is 1. The molecular formula is C17H16BrN3. The second-order valence-corrected chi connectivity index (χ2v) is 5.80. The summed E-state index contributed by atoms with van der Waals surface area (Å²) in [5, 5.41) is 3.42. The van der Waals surface area contributed by atoms with Crippen LogP contribution in [0.2, 0.25) is 0 Å². The quantitative estimate of drug-likeness (QED) is 0.726. The van der Waals surface area contributed by atoms with Crippen LogP contribution in [0, 0.1) is 13.8 Å². The van der Waals surface area contributed by atoms with Crippen molar-refractivity contribution < 1.29 is 0 Å². The highest BCUT2D eigenvalue weighted by atomic mass is 79.9. The molecule has 0 aliphatic rings. The molecule has 106 valence electrons. The highest BCUT2D eigenvalue weighted by molar-refractivity contribution is 9.10. The Bertz CT molecular complexity index is 763. The first kappa shape index (κ1) is 13.9. The monoisotopic (exact) mass is 341 g/mol. The number of nitrogens with one attached hydrogen (secondary N) is 1. The number of aromatic nitrogens is 2. The summed E-state index contributed by atoms with van der Waals surface area (Å²) in [6, 6.07) is 16.3. The summed E-state index contributed by atoms with van der Waals surface area (Å²) < 4.78 is 3.15. The first-order chi connectivity index (χ1) is 10.1. The minimum absolute atomic E-state index is 0.819. The van der Waals surface area contributed by atoms with E-state index in [1.807, 2.05) is 43.5 Å². The van der Waals surface area contributed by atoms with Crippen LogP contribution in [0.5, 0.6) is 0 Å². The molecule has 3 nitrogen and oxygen atoms in total. The predicted molar refractivity (Wildman–Crippen MR) is 90.5 cm³/mol. The average Bonchev–Trinajstić information content (AvgIpc) is 2.86. The molecule has 0 saturated carbocycles. The van der Waals surface area contributed by atoms with Crippen LogP contribution in [0.1, 0.15) is 11.3 Å². The molecule has 1 heterocycles. The topological polar surface area (TPSA) is 29.9 Å². The molecule has 21 heavy (non-hydrogen) atoms. The lowest BCUT2D eigenvalue weighted by Crippen LogP contribution is -2.02. The van der Waals surface area contributed by atoms with Crippen molar-refractivity contribution in [2.24, 2.45) is 0 Å². The highest BCUT2D eigenvalue weighted by Crippen LogP contribution is 2.27. The van der Waals surface area contributed by atoms with Gasteiger partial charge < -0.3 is 5.32 Å². The van der Waals surface area contributed by atoms with E-state index < -0.39 is 0 Å². The summed E-state index contributed by atoms with van der Waals surface area (Å²) >= 11 is 3.56. The molecule has 0 aliphatic carbocycles. The number of imidazole rings is 1. The van der Waals surface area contributed by atoms with Crippen molar-refractivity contribution in [2.75, 3.05) is 5.32 Å². The molecule has 0 fully saturated rings. The van der Waals surface area contributed by atoms with Gasteiger partial charge in [-0.15, -0.1) is 0 Å². The van der Waals surface area contributed by atoms with Gasteiger partial charge in [0.15, 0.2) is 0 Å². The van der Waals surface area contributed by atoms with Gasteiger partial charge in [-0.25, -0.2) is 4.98 Å². The van der Waals surface area contributed by atoms with Gasteiger partial charge in [0.2, 0.25) is 5.95 Å². The summed E-state index contributed by atoms with van der Waals surface area (Å²) in [6.07, 6.45) is 2.03. The molecular weight excluding hydrogens is 326 g/mol. The van der Waals surface area contributed by atoms with E-state index in [1.54, 1.807) is 0 Å². The number of nitrogens with zero attached hydrogens (tertiary/aromatic N) is 2. The summed E-state index contributed by atoms with van der Waals surface area (Å²) in [7, 11) is 0. The lowest BCUT2D eigenvalue weighted by Gasteiger charge is -2.12. The van der Waals surface area contributed by atoms with E-state index >= 15 is 0 Å². The van der Waals surface area contributed by atoms with Crippen molar-refractivity contribution in [3.05, 3.63) is 70.5 Å². The summed E-state index contributed by atoms with van der Waals surface area (Å²) in [5.41, 5.74) is 4.28. The van der Waals surface area contributed by atoms with Crippen LogP contribution < -0.4 is 5.32 Å². The van der Waals surface area contributed by atoms with Gasteiger partial charge in [-0.2, -0.15) is 0 Å². The van der Waals surface area contributed by atoms with Crippen molar-refractivity contribution in [1.29, 1.82) is 0 Å². The van der Waals surface area contributed by atoms with Crippen LogP contribution in [0.15, 0.2) is 59.2 Å². The highest BCUT2D eigenvalue weighted by Gasteiger charge is 2.09. The molecule has 0 radical (unpaired) electrons. The van der Waals surface area contributed by atoms with Crippen molar-refractivity contribution in [2.45, 2.75) is 13.8 Å². The number of hydrogen-bond acceptors (Lipinski definition) is 2. The standard InChI is InChI=1S/C17H16BrN3/c1-12-11-21(14-7-4-3-5-8-14)17(19-12)20-16-10-6-9-15(18)13(16)2/h3-11H,1-2H3,(H,19,20). The van der Waals surface area contributed by atoms with Gasteiger partial charge in [0.25, 0.3) is 0 Å². The normalized spacial score (nSPS) is 10.6. The van der Waals surface area contributed by atoms with E-state index in [2.05, 4.69) is 55.9 Å². The molecule has 3 rings (SSSR count). The molecule has 0 unspecified atom stereocenters. The van der Waals surface area contributed by atoms with Gasteiger partial charge in [0.05, 0.1) is 5.69 Å². The average molecular weight is 342 g/mol. The van der Waals surface area contributed by atoms with E-state index in [9.17, 15) is 0 Å². The minimum Gasteiger partial charge on any atom is -0.325 e. The molecule has 1 N–H and O–H groups in total. The molecule has 0 spiro atoms. The minimum atomic E-state index is 0.819. The maximum atomic E-state index is 4.59. The van der Waals surface area contributed by atoms with Crippen molar-refractivity contribution in [3.63, 3.8) is 0 Å². The molecule has 3 aromatic rings. The Hall–Kier alpha value is -2.07. The van der Waals surface area contributed by atoms with Crippen LogP contribution >= 0.6 is 15.9 Å². The Labute approximate surface area is 132 Å². The van der Waals surface area contributed by atoms with Gasteiger partial charge in [-0.1, -0.05) is 40.2 Å². The molecule has 1 aromatic heterocycles. The second-order valence-electron chi connectivity index (χ2n) is 4.95. The van der Waals surface area contributed by atoms with Crippen molar-refractivity contribution in [1.82, 2.24) is 9.55 Å². The first-order valence-corrected chi connectivity index (χ1v) is 7.58. The Morgan fingerprint density at radius 2 is 1.76 bits per heavy atom. The zero-order valence-electron chi connectivity index (χ0n) is 12.0. The zero-order valence-corrected chi connectivity index (χ0v) is 13.6. The molecule has 0 atom stereocenters. The van der Waals surface area contributed by atoms with Crippen LogP contribution in [0.4, 0.5) is 11.6 Å². The van der Waals surface area contributed by atoms with Crippen LogP contribution in [-0.4, -0.2) is 9.55 Å². The number of benzene rings is 2. The van der Waals surface area contributed by atoms with Crippen LogP contribution in [-0.2, 0) is 0 Å². The van der Waals surface area contributed by atoms with E-state index in [0.29, 0.717) is 0 Å². The summed E-state index contributed by atoms with van der Waals surface area (Å²) in [4.78, 5) is 4.59. The fourth-order valence-electron chi connectivity index (χ4n) is 2.23. The van der Waals surface area contributed by atoms with E-state index in [4.69, 9.17) is 0 Å². The fraction of sp³-hybridized carbons (Fsp3) is 0.118. The Kier molecular flexibility index (Phi) is 3.80. The Balaban J connectivity index is 2.02. The molecule has 2 aromatic carbocycles. The maximum absolute atomic E-state index is 4.59. The van der Waals surface area contributed by atoms with Crippen LogP contribution in [0.3, 0.4) is 0 Å². The number of halogens is 1. The number of hydrogen-bond donors (Lipinski definition) is 1. The second kappa shape index (κ2) is 5.74. The van der Waals surface area contributed by atoms with Crippen LogP contribution in [0.25, 0.3) is 5.69 Å². The summed E-state index contributed by atoms with van der Waals surface area (Å²) in [5.74, 6) is 0.819. The lowest BCUT2D eigenvalue weighted by atomic mass is 10.2. The molecule has 0 amide bonds. The van der Waals surface area contributed by atoms with Crippen molar-refractivity contribution >= 4 is 27.6 Å². The first-order valence-electron chi connectivity index (χ1n) is 6.78. The van der Waals surface area contributed by atoms with Gasteiger partial charge >= 0.3 is 0 Å². The smallest absolute Gasteiger partial charge is 0.212 e. The largest absolute Gasteiger partial charge is 0.325 e. The number of anilines is 2. The van der Waals surface area contributed by atoms with Gasteiger partial charge in [-0.3, -0.25) is 4.57 Å². The number of rotatable bonds is 3. The van der Waals surface area contributed by atoms with Gasteiger partial charge in [-0.05, 0) is 43.7 Å². The Morgan fingerprint density at radius 3 is 2.52 bits per heavy atom. The van der Waals surface area contributed by atoms with Crippen molar-refractivity contribution in [3.8, 4) is 5.69 Å².